The maximum atomic E-state index is 10.8. The first kappa shape index (κ1) is 7.26. The highest BCUT2D eigenvalue weighted by molar-refractivity contribution is 5.74. The number of carbonyl (C=O) groups is 1. The summed E-state index contributed by atoms with van der Waals surface area (Å²) in [5.74, 6) is 0.0625. The van der Waals surface area contributed by atoms with Crippen molar-refractivity contribution in [3.63, 3.8) is 0 Å². The number of aromatic nitrogens is 2. The molecule has 0 aliphatic rings. The number of amides is 1. The van der Waals surface area contributed by atoms with Crippen LogP contribution >= 0.6 is 0 Å². The molecule has 1 rings (SSSR count). The van der Waals surface area contributed by atoms with Crippen LogP contribution in [0.2, 0.25) is 0 Å². The molecule has 58 valence electrons. The van der Waals surface area contributed by atoms with Gasteiger partial charge in [0, 0.05) is 6.20 Å². The molecule has 1 aromatic heterocycles. The molecule has 0 aromatic carbocycles. The summed E-state index contributed by atoms with van der Waals surface area (Å²) in [5.41, 5.74) is 9.19. The van der Waals surface area contributed by atoms with Crippen molar-refractivity contribution in [2.24, 2.45) is 5.73 Å². The third-order valence-corrected chi connectivity index (χ3v) is 1.06. The van der Waals surface area contributed by atoms with Crippen molar-refractivity contribution in [2.45, 2.75) is 0 Å². The first-order valence-electron chi connectivity index (χ1n) is 2.76. The fourth-order valence-corrected chi connectivity index (χ4v) is 0.584. The first-order valence-corrected chi connectivity index (χ1v) is 2.76. The van der Waals surface area contributed by atoms with Crippen LogP contribution in [0.3, 0.4) is 0 Å². The summed E-state index contributed by atoms with van der Waals surface area (Å²) in [7, 11) is 0. The second-order valence-corrected chi connectivity index (χ2v) is 1.84. The van der Waals surface area contributed by atoms with Crippen molar-refractivity contribution in [3.8, 4) is 0 Å². The van der Waals surface area contributed by atoms with Crippen LogP contribution in [-0.2, 0) is 0 Å². The first-order chi connectivity index (χ1) is 5.11. The highest BCUT2D eigenvalue weighted by Crippen LogP contribution is 1.87. The summed E-state index contributed by atoms with van der Waals surface area (Å²) in [4.78, 5) is 24.5. The number of hydrogen-bond donors (Lipinski definition) is 2. The molecule has 0 bridgehead atoms. The average molecular weight is 154 g/mol. The molecule has 0 aliphatic heterocycles. The minimum Gasteiger partial charge on any atom is -0.383 e. The summed E-state index contributed by atoms with van der Waals surface area (Å²) < 4.78 is 0.663. The summed E-state index contributed by atoms with van der Waals surface area (Å²) in [6, 6.07) is 0.439. The lowest BCUT2D eigenvalue weighted by atomic mass is 10.6. The largest absolute Gasteiger partial charge is 0.383 e. The van der Waals surface area contributed by atoms with Crippen molar-refractivity contribution in [1.29, 1.82) is 0 Å². The van der Waals surface area contributed by atoms with E-state index in [1.54, 1.807) is 0 Å². The van der Waals surface area contributed by atoms with Gasteiger partial charge in [-0.1, -0.05) is 0 Å². The number of anilines is 1. The van der Waals surface area contributed by atoms with Gasteiger partial charge in [0.05, 0.1) is 0 Å². The molecule has 4 N–H and O–H groups in total. The molecule has 1 heterocycles. The molecule has 0 unspecified atom stereocenters. The van der Waals surface area contributed by atoms with Crippen LogP contribution in [0.1, 0.15) is 0 Å². The molecule has 0 spiro atoms. The minimum atomic E-state index is -0.873. The van der Waals surface area contributed by atoms with Gasteiger partial charge < -0.3 is 11.5 Å². The third kappa shape index (κ3) is 1.34. The van der Waals surface area contributed by atoms with Crippen LogP contribution in [-0.4, -0.2) is 15.6 Å². The van der Waals surface area contributed by atoms with Gasteiger partial charge in [-0.3, -0.25) is 0 Å². The zero-order chi connectivity index (χ0) is 8.43. The molecule has 6 heteroatoms. The SMILES string of the molecule is NC(=O)n1ccc(N)nc1=O. The van der Waals surface area contributed by atoms with Crippen LogP contribution in [0.15, 0.2) is 17.1 Å². The second-order valence-electron chi connectivity index (χ2n) is 1.84. The van der Waals surface area contributed by atoms with Gasteiger partial charge in [0.2, 0.25) is 0 Å². The van der Waals surface area contributed by atoms with Crippen molar-refractivity contribution >= 4 is 11.8 Å². The molecule has 11 heavy (non-hydrogen) atoms. The quantitative estimate of drug-likeness (QED) is 0.487. The third-order valence-electron chi connectivity index (χ3n) is 1.06. The Morgan fingerprint density at radius 2 is 2.27 bits per heavy atom. The van der Waals surface area contributed by atoms with E-state index in [0.717, 1.165) is 0 Å². The second kappa shape index (κ2) is 2.41. The molecule has 0 atom stereocenters. The van der Waals surface area contributed by atoms with Gasteiger partial charge in [-0.25, -0.2) is 14.2 Å². The van der Waals surface area contributed by atoms with E-state index in [-0.39, 0.29) is 5.82 Å². The van der Waals surface area contributed by atoms with Gasteiger partial charge in [0.15, 0.2) is 0 Å². The molecule has 1 amide bonds. The topological polar surface area (TPSA) is 104 Å². The van der Waals surface area contributed by atoms with E-state index in [4.69, 9.17) is 11.5 Å². The predicted molar refractivity (Wildman–Crippen MR) is 37.9 cm³/mol. The molecular weight excluding hydrogens is 148 g/mol. The normalized spacial score (nSPS) is 9.45. The highest BCUT2D eigenvalue weighted by atomic mass is 16.2. The standard InChI is InChI=1S/C5H6N4O2/c6-3-1-2-9(4(7)10)5(11)8-3/h1-2H,(H2,7,10)(H2,6,8,11). The Morgan fingerprint density at radius 3 is 2.73 bits per heavy atom. The lowest BCUT2D eigenvalue weighted by Crippen LogP contribution is -2.32. The van der Waals surface area contributed by atoms with E-state index in [9.17, 15) is 9.59 Å². The Labute approximate surface area is 61.4 Å². The van der Waals surface area contributed by atoms with Gasteiger partial charge in [-0.2, -0.15) is 4.98 Å². The smallest absolute Gasteiger partial charge is 0.357 e. The average Bonchev–Trinajstić information content (AvgIpc) is 1.85. The summed E-state index contributed by atoms with van der Waals surface area (Å²) in [6.45, 7) is 0. The van der Waals surface area contributed by atoms with Crippen LogP contribution in [0, 0.1) is 0 Å². The van der Waals surface area contributed by atoms with Crippen molar-refractivity contribution in [3.05, 3.63) is 22.7 Å². The van der Waals surface area contributed by atoms with Gasteiger partial charge in [-0.05, 0) is 6.07 Å². The Hall–Kier alpha value is -1.85. The molecular formula is C5H6N4O2. The lowest BCUT2D eigenvalue weighted by molar-refractivity contribution is 0.249. The zero-order valence-corrected chi connectivity index (χ0v) is 5.52. The van der Waals surface area contributed by atoms with E-state index >= 15 is 0 Å². The number of nitrogen functional groups attached to an aromatic ring is 1. The molecule has 0 aliphatic carbocycles. The van der Waals surface area contributed by atoms with Crippen molar-refractivity contribution in [1.82, 2.24) is 9.55 Å². The van der Waals surface area contributed by atoms with Crippen LogP contribution < -0.4 is 17.2 Å². The number of nitrogens with two attached hydrogens (primary N) is 2. The monoisotopic (exact) mass is 154 g/mol. The van der Waals surface area contributed by atoms with Gasteiger partial charge in [0.1, 0.15) is 5.82 Å². The molecule has 0 saturated heterocycles. The summed E-state index contributed by atoms with van der Waals surface area (Å²) >= 11 is 0. The Morgan fingerprint density at radius 1 is 1.64 bits per heavy atom. The number of rotatable bonds is 0. The zero-order valence-electron chi connectivity index (χ0n) is 5.52. The van der Waals surface area contributed by atoms with E-state index in [1.807, 2.05) is 0 Å². The van der Waals surface area contributed by atoms with E-state index < -0.39 is 11.7 Å². The summed E-state index contributed by atoms with van der Waals surface area (Å²) in [5, 5.41) is 0. The summed E-state index contributed by atoms with van der Waals surface area (Å²) in [6.07, 6.45) is 1.17. The van der Waals surface area contributed by atoms with Crippen LogP contribution in [0.5, 0.6) is 0 Å². The number of nitrogens with zero attached hydrogens (tertiary/aromatic N) is 2. The fraction of sp³-hybridized carbons (Fsp3) is 0. The maximum Gasteiger partial charge on any atom is 0.357 e. The van der Waals surface area contributed by atoms with E-state index in [2.05, 4.69) is 4.98 Å². The Bertz CT molecular complexity index is 343. The predicted octanol–water partition coefficient (Wildman–Crippen LogP) is -1.25. The van der Waals surface area contributed by atoms with Crippen LogP contribution in [0.4, 0.5) is 10.6 Å². The molecule has 1 aromatic rings. The minimum absolute atomic E-state index is 0.0625. The number of primary amides is 1. The van der Waals surface area contributed by atoms with Crippen LogP contribution in [0.25, 0.3) is 0 Å². The molecule has 0 fully saturated rings. The van der Waals surface area contributed by atoms with Gasteiger partial charge in [0.25, 0.3) is 0 Å². The molecule has 0 radical (unpaired) electrons. The highest BCUT2D eigenvalue weighted by Gasteiger charge is 2.00. The van der Waals surface area contributed by atoms with Gasteiger partial charge in [-0.15, -0.1) is 0 Å². The van der Waals surface area contributed by atoms with E-state index in [1.165, 1.54) is 12.3 Å². The Kier molecular flexibility index (Phi) is 1.59. The van der Waals surface area contributed by atoms with E-state index in [0.29, 0.717) is 4.57 Å². The van der Waals surface area contributed by atoms with Crippen molar-refractivity contribution < 1.29 is 4.79 Å². The lowest BCUT2D eigenvalue weighted by Gasteiger charge is -1.96. The Balaban J connectivity index is 3.32. The molecule has 0 saturated carbocycles. The van der Waals surface area contributed by atoms with Crippen molar-refractivity contribution in [2.75, 3.05) is 5.73 Å². The number of carbonyl (C=O) groups excluding carboxylic acids is 1. The maximum absolute atomic E-state index is 10.8. The fourth-order valence-electron chi connectivity index (χ4n) is 0.584. The number of hydrogen-bond acceptors (Lipinski definition) is 4. The molecule has 6 nitrogen and oxygen atoms in total. The van der Waals surface area contributed by atoms with Gasteiger partial charge >= 0.3 is 11.7 Å².